The van der Waals surface area contributed by atoms with Crippen molar-refractivity contribution in [2.45, 2.75) is 32.4 Å². The molecule has 0 saturated heterocycles. The number of oxime groups is 1. The van der Waals surface area contributed by atoms with E-state index in [-0.39, 0.29) is 17.8 Å². The van der Waals surface area contributed by atoms with Crippen LogP contribution in [0.3, 0.4) is 0 Å². The highest BCUT2D eigenvalue weighted by Gasteiger charge is 2.27. The minimum absolute atomic E-state index is 0.00893. The Hall–Kier alpha value is -2.08. The van der Waals surface area contributed by atoms with Crippen molar-refractivity contribution in [1.82, 2.24) is 4.90 Å². The summed E-state index contributed by atoms with van der Waals surface area (Å²) < 4.78 is 5.36. The van der Waals surface area contributed by atoms with E-state index in [1.54, 1.807) is 4.90 Å². The zero-order valence-corrected chi connectivity index (χ0v) is 12.7. The maximum absolute atomic E-state index is 12.7. The highest BCUT2D eigenvalue weighted by molar-refractivity contribution is 5.84. The van der Waals surface area contributed by atoms with E-state index in [1.807, 2.05) is 44.2 Å². The third-order valence-electron chi connectivity index (χ3n) is 3.21. The van der Waals surface area contributed by atoms with Gasteiger partial charge in [0.25, 0.3) is 5.91 Å². The van der Waals surface area contributed by atoms with Crippen LogP contribution < -0.4 is 5.73 Å². The summed E-state index contributed by atoms with van der Waals surface area (Å²) in [5, 5.41) is 11.5. The molecule has 0 aliphatic heterocycles. The first-order valence-corrected chi connectivity index (χ1v) is 6.85. The molecule has 116 valence electrons. The highest BCUT2D eigenvalue weighted by Crippen LogP contribution is 2.20. The van der Waals surface area contributed by atoms with Crippen LogP contribution in [0.15, 0.2) is 35.5 Å². The summed E-state index contributed by atoms with van der Waals surface area (Å²) in [7, 11) is 1.51. The quantitative estimate of drug-likeness (QED) is 0.347. The second kappa shape index (κ2) is 8.26. The van der Waals surface area contributed by atoms with Crippen LogP contribution in [0.2, 0.25) is 0 Å². The fraction of sp³-hybridized carbons (Fsp3) is 0.467. The van der Waals surface area contributed by atoms with E-state index in [4.69, 9.17) is 15.7 Å². The van der Waals surface area contributed by atoms with Crippen LogP contribution in [-0.4, -0.2) is 41.5 Å². The van der Waals surface area contributed by atoms with Gasteiger partial charge in [-0.05, 0) is 19.4 Å². The van der Waals surface area contributed by atoms with Crippen LogP contribution in [-0.2, 0) is 9.53 Å². The average Bonchev–Trinajstić information content (AvgIpc) is 2.48. The number of nitrogens with zero attached hydrogens (tertiary/aromatic N) is 2. The van der Waals surface area contributed by atoms with Gasteiger partial charge in [-0.25, -0.2) is 0 Å². The summed E-state index contributed by atoms with van der Waals surface area (Å²) in [5.41, 5.74) is 6.28. The molecule has 0 aromatic heterocycles. The van der Waals surface area contributed by atoms with Gasteiger partial charge in [-0.1, -0.05) is 35.5 Å². The lowest BCUT2D eigenvalue weighted by Gasteiger charge is -2.30. The zero-order chi connectivity index (χ0) is 15.8. The Kier molecular flexibility index (Phi) is 6.68. The van der Waals surface area contributed by atoms with Gasteiger partial charge >= 0.3 is 0 Å². The number of carbonyl (C=O) groups is 1. The molecule has 1 unspecified atom stereocenters. The highest BCUT2D eigenvalue weighted by atomic mass is 16.5. The molecule has 3 N–H and O–H groups in total. The molecule has 0 aliphatic rings. The smallest absolute Gasteiger partial charge is 0.256 e. The van der Waals surface area contributed by atoms with Crippen LogP contribution in [0, 0.1) is 0 Å². The Morgan fingerprint density at radius 1 is 1.38 bits per heavy atom. The van der Waals surface area contributed by atoms with Gasteiger partial charge in [-0.15, -0.1) is 0 Å². The molecule has 1 atom stereocenters. The summed E-state index contributed by atoms with van der Waals surface area (Å²) in [6, 6.07) is 9.32. The van der Waals surface area contributed by atoms with Gasteiger partial charge in [-0.3, -0.25) is 4.79 Å². The van der Waals surface area contributed by atoms with Crippen molar-refractivity contribution in [1.29, 1.82) is 0 Å². The number of ether oxygens (including phenoxy) is 1. The van der Waals surface area contributed by atoms with E-state index in [2.05, 4.69) is 5.16 Å². The van der Waals surface area contributed by atoms with Gasteiger partial charge in [0, 0.05) is 26.1 Å². The van der Waals surface area contributed by atoms with Crippen molar-refractivity contribution in [2.24, 2.45) is 10.9 Å². The number of rotatable bonds is 7. The molecule has 0 fully saturated rings. The third-order valence-corrected chi connectivity index (χ3v) is 3.21. The lowest BCUT2D eigenvalue weighted by Crippen LogP contribution is -2.42. The van der Waals surface area contributed by atoms with Gasteiger partial charge in [0.1, 0.15) is 5.84 Å². The Balaban J connectivity index is 2.88. The Labute approximate surface area is 125 Å². The van der Waals surface area contributed by atoms with E-state index in [0.29, 0.717) is 13.0 Å². The van der Waals surface area contributed by atoms with E-state index in [1.165, 1.54) is 7.11 Å². The second-order valence-electron chi connectivity index (χ2n) is 4.99. The molecule has 6 heteroatoms. The van der Waals surface area contributed by atoms with Crippen LogP contribution in [0.5, 0.6) is 0 Å². The van der Waals surface area contributed by atoms with Gasteiger partial charge in [0.15, 0.2) is 6.10 Å². The normalized spacial score (nSPS) is 13.2. The molecule has 6 nitrogen and oxygen atoms in total. The summed E-state index contributed by atoms with van der Waals surface area (Å²) >= 11 is 0. The fourth-order valence-corrected chi connectivity index (χ4v) is 2.07. The molecule has 1 aromatic rings. The monoisotopic (exact) mass is 293 g/mol. The van der Waals surface area contributed by atoms with Gasteiger partial charge in [0.05, 0.1) is 0 Å². The summed E-state index contributed by atoms with van der Waals surface area (Å²) in [6.07, 6.45) is -0.341. The molecule has 0 radical (unpaired) electrons. The molecule has 1 amide bonds. The topological polar surface area (TPSA) is 88.2 Å². The maximum Gasteiger partial charge on any atom is 0.256 e. The van der Waals surface area contributed by atoms with Crippen LogP contribution in [0.4, 0.5) is 0 Å². The lowest BCUT2D eigenvalue weighted by atomic mass is 10.1. The molecule has 1 aromatic carbocycles. The summed E-state index contributed by atoms with van der Waals surface area (Å²) in [6.45, 7) is 4.21. The molecule has 0 aliphatic carbocycles. The number of benzene rings is 1. The van der Waals surface area contributed by atoms with Crippen molar-refractivity contribution in [3.63, 3.8) is 0 Å². The maximum atomic E-state index is 12.7. The number of carbonyl (C=O) groups excluding carboxylic acids is 1. The largest absolute Gasteiger partial charge is 0.409 e. The number of nitrogens with two attached hydrogens (primary N) is 1. The lowest BCUT2D eigenvalue weighted by molar-refractivity contribution is -0.144. The minimum Gasteiger partial charge on any atom is -0.409 e. The Morgan fingerprint density at radius 3 is 2.48 bits per heavy atom. The first-order chi connectivity index (χ1) is 10.0. The van der Waals surface area contributed by atoms with E-state index >= 15 is 0 Å². The SMILES string of the molecule is COC(C(=O)N(CCC(N)=NO)C(C)C)c1ccccc1. The first kappa shape index (κ1) is 17.0. The van der Waals surface area contributed by atoms with E-state index < -0.39 is 6.10 Å². The molecular formula is C15H23N3O3. The molecule has 0 spiro atoms. The molecule has 0 saturated carbocycles. The standard InChI is InChI=1S/C15H23N3O3/c1-11(2)18(10-9-13(16)17-20)15(19)14(21-3)12-7-5-4-6-8-12/h4-8,11,14,20H,9-10H2,1-3H3,(H2,16,17). The number of hydrogen-bond acceptors (Lipinski definition) is 4. The summed E-state index contributed by atoms with van der Waals surface area (Å²) in [5.74, 6) is -0.0356. The third kappa shape index (κ3) is 4.75. The Morgan fingerprint density at radius 2 is 2.00 bits per heavy atom. The van der Waals surface area contributed by atoms with Crippen LogP contribution in [0.25, 0.3) is 0 Å². The van der Waals surface area contributed by atoms with Crippen molar-refractivity contribution >= 4 is 11.7 Å². The van der Waals surface area contributed by atoms with Crippen molar-refractivity contribution in [3.8, 4) is 0 Å². The second-order valence-corrected chi connectivity index (χ2v) is 4.99. The first-order valence-electron chi connectivity index (χ1n) is 6.85. The van der Waals surface area contributed by atoms with Crippen molar-refractivity contribution in [3.05, 3.63) is 35.9 Å². The van der Waals surface area contributed by atoms with Crippen LogP contribution >= 0.6 is 0 Å². The number of hydrogen-bond donors (Lipinski definition) is 2. The minimum atomic E-state index is -0.652. The van der Waals surface area contributed by atoms with Crippen molar-refractivity contribution in [2.75, 3.05) is 13.7 Å². The molecule has 21 heavy (non-hydrogen) atoms. The fourth-order valence-electron chi connectivity index (χ4n) is 2.07. The summed E-state index contributed by atoms with van der Waals surface area (Å²) in [4.78, 5) is 14.3. The molecular weight excluding hydrogens is 270 g/mol. The molecule has 0 heterocycles. The number of amides is 1. The molecule has 0 bridgehead atoms. The predicted molar refractivity (Wildman–Crippen MR) is 81.1 cm³/mol. The van der Waals surface area contributed by atoms with Crippen LogP contribution in [0.1, 0.15) is 31.9 Å². The Bertz CT molecular complexity index is 474. The zero-order valence-electron chi connectivity index (χ0n) is 12.7. The van der Waals surface area contributed by atoms with E-state index in [0.717, 1.165) is 5.56 Å². The predicted octanol–water partition coefficient (Wildman–Crippen LogP) is 1.75. The van der Waals surface area contributed by atoms with Crippen molar-refractivity contribution < 1.29 is 14.7 Å². The molecule has 1 rings (SSSR count). The van der Waals surface area contributed by atoms with Gasteiger partial charge < -0.3 is 20.6 Å². The number of methoxy groups -OCH3 is 1. The average molecular weight is 293 g/mol. The van der Waals surface area contributed by atoms with Gasteiger partial charge in [-0.2, -0.15) is 0 Å². The van der Waals surface area contributed by atoms with E-state index in [9.17, 15) is 4.79 Å². The van der Waals surface area contributed by atoms with Gasteiger partial charge in [0.2, 0.25) is 0 Å². The number of amidine groups is 1.